The van der Waals surface area contributed by atoms with Crippen LogP contribution in [0.2, 0.25) is 0 Å². The maximum Gasteiger partial charge on any atom is 0.109 e. The van der Waals surface area contributed by atoms with E-state index in [1.165, 1.54) is 0 Å². The Hall–Kier alpha value is -0.450. The van der Waals surface area contributed by atoms with Crippen molar-refractivity contribution in [2.45, 2.75) is 24.9 Å². The topological polar surface area (TPSA) is 45.2 Å². The first-order valence-electron chi connectivity index (χ1n) is 5.22. The Kier molecular flexibility index (Phi) is 3.38. The van der Waals surface area contributed by atoms with E-state index < -0.39 is 5.60 Å². The van der Waals surface area contributed by atoms with Gasteiger partial charge in [-0.15, -0.1) is 0 Å². The molecule has 0 aromatic carbocycles. The zero-order chi connectivity index (χ0) is 10.7. The average Bonchev–Trinajstić information content (AvgIpc) is 2.22. The summed E-state index contributed by atoms with van der Waals surface area (Å²) in [5, 5.41) is 13.6. The van der Waals surface area contributed by atoms with E-state index in [-0.39, 0.29) is 0 Å². The Morgan fingerprint density at radius 3 is 3.13 bits per heavy atom. The van der Waals surface area contributed by atoms with Crippen LogP contribution in [0.1, 0.15) is 18.4 Å². The lowest BCUT2D eigenvalue weighted by Gasteiger charge is -2.32. The van der Waals surface area contributed by atoms with Crippen LogP contribution in [0.3, 0.4) is 0 Å². The van der Waals surface area contributed by atoms with Gasteiger partial charge < -0.3 is 10.4 Å². The number of nitrogens with zero attached hydrogens (tertiary/aromatic N) is 1. The van der Waals surface area contributed by atoms with Crippen LogP contribution in [0.25, 0.3) is 0 Å². The number of hydrogen-bond donors (Lipinski definition) is 2. The third-order valence-electron chi connectivity index (χ3n) is 2.81. The van der Waals surface area contributed by atoms with Crippen molar-refractivity contribution in [3.05, 3.63) is 28.5 Å². The summed E-state index contributed by atoms with van der Waals surface area (Å²) in [6.45, 7) is 1.69. The lowest BCUT2D eigenvalue weighted by atomic mass is 9.88. The van der Waals surface area contributed by atoms with Gasteiger partial charge in [-0.3, -0.25) is 0 Å². The Balaban J connectivity index is 2.10. The average molecular weight is 271 g/mol. The number of hydrogen-bond acceptors (Lipinski definition) is 3. The van der Waals surface area contributed by atoms with Crippen LogP contribution in [0.5, 0.6) is 0 Å². The van der Waals surface area contributed by atoms with E-state index in [9.17, 15) is 5.11 Å². The van der Waals surface area contributed by atoms with Crippen molar-refractivity contribution in [3.63, 3.8) is 0 Å². The predicted molar refractivity (Wildman–Crippen MR) is 62.7 cm³/mol. The van der Waals surface area contributed by atoms with Gasteiger partial charge in [-0.1, -0.05) is 6.07 Å². The van der Waals surface area contributed by atoms with Gasteiger partial charge in [-0.25, -0.2) is 4.98 Å². The Bertz CT molecular complexity index is 337. The Morgan fingerprint density at radius 2 is 2.47 bits per heavy atom. The largest absolute Gasteiger partial charge is 0.388 e. The molecule has 2 heterocycles. The second-order valence-corrected chi connectivity index (χ2v) is 4.89. The molecule has 0 spiro atoms. The standard InChI is InChI=1S/C11H15BrN2O/c12-10-9(3-1-6-14-10)7-11(15)4-2-5-13-8-11/h1,3,6,13,15H,2,4-5,7-8H2. The van der Waals surface area contributed by atoms with E-state index in [0.717, 1.165) is 29.6 Å². The van der Waals surface area contributed by atoms with Crippen molar-refractivity contribution in [2.75, 3.05) is 13.1 Å². The molecular formula is C11H15BrN2O. The number of pyridine rings is 1. The third-order valence-corrected chi connectivity index (χ3v) is 3.52. The van der Waals surface area contributed by atoms with E-state index in [4.69, 9.17) is 0 Å². The number of piperidine rings is 1. The van der Waals surface area contributed by atoms with Gasteiger partial charge in [0.25, 0.3) is 0 Å². The van der Waals surface area contributed by atoms with Crippen LogP contribution in [0.4, 0.5) is 0 Å². The van der Waals surface area contributed by atoms with E-state index in [0.29, 0.717) is 13.0 Å². The number of halogens is 1. The molecular weight excluding hydrogens is 256 g/mol. The molecule has 1 aromatic rings. The van der Waals surface area contributed by atoms with Crippen LogP contribution in [0.15, 0.2) is 22.9 Å². The molecule has 1 aliphatic heterocycles. The lowest BCUT2D eigenvalue weighted by Crippen LogP contribution is -2.47. The number of nitrogens with one attached hydrogen (secondary N) is 1. The molecule has 1 aliphatic rings. The molecule has 0 aliphatic carbocycles. The molecule has 2 rings (SSSR count). The van der Waals surface area contributed by atoms with Crippen molar-refractivity contribution >= 4 is 15.9 Å². The molecule has 0 amide bonds. The van der Waals surface area contributed by atoms with E-state index >= 15 is 0 Å². The second kappa shape index (κ2) is 4.60. The molecule has 82 valence electrons. The highest BCUT2D eigenvalue weighted by Gasteiger charge is 2.29. The first kappa shape index (κ1) is 11.0. The predicted octanol–water partition coefficient (Wildman–Crippen LogP) is 1.50. The van der Waals surface area contributed by atoms with Crippen LogP contribution in [-0.4, -0.2) is 28.8 Å². The molecule has 0 saturated carbocycles. The van der Waals surface area contributed by atoms with E-state index in [1.807, 2.05) is 12.1 Å². The first-order valence-corrected chi connectivity index (χ1v) is 6.01. The van der Waals surface area contributed by atoms with Gasteiger partial charge in [0.15, 0.2) is 0 Å². The minimum atomic E-state index is -0.607. The summed E-state index contributed by atoms with van der Waals surface area (Å²) in [6, 6.07) is 3.91. The Labute approximate surface area is 98.0 Å². The van der Waals surface area contributed by atoms with Crippen molar-refractivity contribution < 1.29 is 5.11 Å². The smallest absolute Gasteiger partial charge is 0.109 e. The van der Waals surface area contributed by atoms with Gasteiger partial charge in [0.05, 0.1) is 5.60 Å². The fourth-order valence-corrected chi connectivity index (χ4v) is 2.40. The summed E-state index contributed by atoms with van der Waals surface area (Å²) >= 11 is 3.40. The van der Waals surface area contributed by atoms with Gasteiger partial charge in [-0.05, 0) is 46.9 Å². The van der Waals surface area contributed by atoms with Gasteiger partial charge in [0.1, 0.15) is 4.60 Å². The summed E-state index contributed by atoms with van der Waals surface area (Å²) in [6.07, 6.45) is 4.31. The highest BCUT2D eigenvalue weighted by Crippen LogP contribution is 2.24. The molecule has 1 aromatic heterocycles. The van der Waals surface area contributed by atoms with Gasteiger partial charge in [-0.2, -0.15) is 0 Å². The zero-order valence-electron chi connectivity index (χ0n) is 8.54. The zero-order valence-corrected chi connectivity index (χ0v) is 10.1. The van der Waals surface area contributed by atoms with Crippen LogP contribution >= 0.6 is 15.9 Å². The summed E-state index contributed by atoms with van der Waals surface area (Å²) in [4.78, 5) is 4.16. The molecule has 3 nitrogen and oxygen atoms in total. The van der Waals surface area contributed by atoms with Gasteiger partial charge in [0.2, 0.25) is 0 Å². The van der Waals surface area contributed by atoms with Gasteiger partial charge >= 0.3 is 0 Å². The van der Waals surface area contributed by atoms with Crippen molar-refractivity contribution in [3.8, 4) is 0 Å². The molecule has 0 radical (unpaired) electrons. The number of β-amino-alcohol motifs (C(OH)–C–C–N with tert-alkyl or cyclic N) is 1. The lowest BCUT2D eigenvalue weighted by molar-refractivity contribution is 0.0167. The number of rotatable bonds is 2. The van der Waals surface area contributed by atoms with Crippen LogP contribution in [-0.2, 0) is 6.42 Å². The van der Waals surface area contributed by atoms with Crippen LogP contribution < -0.4 is 5.32 Å². The number of aliphatic hydroxyl groups is 1. The fourth-order valence-electron chi connectivity index (χ4n) is 2.01. The third kappa shape index (κ3) is 2.77. The van der Waals surface area contributed by atoms with Crippen molar-refractivity contribution in [2.24, 2.45) is 0 Å². The Morgan fingerprint density at radius 1 is 1.60 bits per heavy atom. The minimum Gasteiger partial charge on any atom is -0.388 e. The van der Waals surface area contributed by atoms with Crippen molar-refractivity contribution in [1.29, 1.82) is 0 Å². The molecule has 15 heavy (non-hydrogen) atoms. The summed E-state index contributed by atoms with van der Waals surface area (Å²) in [5.41, 5.74) is 0.466. The molecule has 2 N–H and O–H groups in total. The second-order valence-electron chi connectivity index (χ2n) is 4.13. The van der Waals surface area contributed by atoms with Crippen LogP contribution in [0, 0.1) is 0 Å². The molecule has 1 atom stereocenters. The normalized spacial score (nSPS) is 26.5. The highest BCUT2D eigenvalue weighted by molar-refractivity contribution is 9.10. The molecule has 4 heteroatoms. The molecule has 1 fully saturated rings. The van der Waals surface area contributed by atoms with Gasteiger partial charge in [0, 0.05) is 19.2 Å². The maximum atomic E-state index is 10.3. The van der Waals surface area contributed by atoms with E-state index in [2.05, 4.69) is 26.2 Å². The monoisotopic (exact) mass is 270 g/mol. The fraction of sp³-hybridized carbons (Fsp3) is 0.545. The van der Waals surface area contributed by atoms with E-state index in [1.54, 1.807) is 6.20 Å². The quantitative estimate of drug-likeness (QED) is 0.801. The SMILES string of the molecule is OC1(Cc2cccnc2Br)CCCNC1. The molecule has 0 bridgehead atoms. The summed E-state index contributed by atoms with van der Waals surface area (Å²) in [7, 11) is 0. The highest BCUT2D eigenvalue weighted by atomic mass is 79.9. The summed E-state index contributed by atoms with van der Waals surface area (Å²) < 4.78 is 0.837. The molecule has 1 unspecified atom stereocenters. The summed E-state index contributed by atoms with van der Waals surface area (Å²) in [5.74, 6) is 0. The van der Waals surface area contributed by atoms with Crippen molar-refractivity contribution in [1.82, 2.24) is 10.3 Å². The minimum absolute atomic E-state index is 0.607. The first-order chi connectivity index (χ1) is 7.20. The molecule has 1 saturated heterocycles. The number of aromatic nitrogens is 1. The maximum absolute atomic E-state index is 10.3.